The van der Waals surface area contributed by atoms with Crippen LogP contribution in [0.3, 0.4) is 0 Å². The van der Waals surface area contributed by atoms with Crippen molar-refractivity contribution >= 4 is 23.3 Å². The highest BCUT2D eigenvalue weighted by atomic mass is 16.5. The number of hydrogen-bond acceptors (Lipinski definition) is 4. The second-order valence-corrected chi connectivity index (χ2v) is 5.98. The van der Waals surface area contributed by atoms with Crippen molar-refractivity contribution in [3.8, 4) is 11.1 Å². The molecule has 3 rings (SSSR count). The lowest BCUT2D eigenvalue weighted by Crippen LogP contribution is -2.20. The zero-order chi connectivity index (χ0) is 20.1. The molecule has 0 saturated heterocycles. The Hall–Kier alpha value is -3.97. The van der Waals surface area contributed by atoms with E-state index in [1.54, 1.807) is 78.3 Å². The van der Waals surface area contributed by atoms with Crippen molar-refractivity contribution in [2.45, 2.75) is 0 Å². The topological polar surface area (TPSA) is 128 Å². The van der Waals surface area contributed by atoms with Gasteiger partial charge in [-0.05, 0) is 47.5 Å². The van der Waals surface area contributed by atoms with Crippen LogP contribution in [0.5, 0.6) is 0 Å². The predicted molar refractivity (Wildman–Crippen MR) is 107 cm³/mol. The lowest BCUT2D eigenvalue weighted by molar-refractivity contribution is 0.0707. The minimum Gasteiger partial charge on any atom is -0.384 e. The van der Waals surface area contributed by atoms with E-state index in [9.17, 15) is 9.59 Å². The quantitative estimate of drug-likeness (QED) is 0.203. The molecule has 6 N–H and O–H groups in total. The molecule has 0 aliphatic carbocycles. The Morgan fingerprint density at radius 2 is 1.29 bits per heavy atom. The minimum atomic E-state index is -0.661. The summed E-state index contributed by atoms with van der Waals surface area (Å²) in [5.41, 5.74) is 9.86. The molecule has 0 heterocycles. The smallest absolute Gasteiger partial charge is 0.275 e. The van der Waals surface area contributed by atoms with E-state index < -0.39 is 5.91 Å². The number of rotatable bonds is 5. The van der Waals surface area contributed by atoms with Gasteiger partial charge < -0.3 is 11.1 Å². The molecule has 0 aliphatic rings. The van der Waals surface area contributed by atoms with Crippen LogP contribution in [0.1, 0.15) is 26.3 Å². The summed E-state index contributed by atoms with van der Waals surface area (Å²) < 4.78 is 0. The Balaban J connectivity index is 1.96. The average Bonchev–Trinajstić information content (AvgIpc) is 2.73. The van der Waals surface area contributed by atoms with Crippen LogP contribution in [0.25, 0.3) is 11.1 Å². The van der Waals surface area contributed by atoms with E-state index in [-0.39, 0.29) is 17.3 Å². The summed E-state index contributed by atoms with van der Waals surface area (Å²) in [7, 11) is 0. The highest BCUT2D eigenvalue weighted by Gasteiger charge is 2.17. The number of nitrogens with one attached hydrogen (secondary N) is 3. The SMILES string of the molecule is N=C(N)c1ccc(NC(=O)c2ccccc2-c2ccccc2C(=O)NO)cc1. The normalized spacial score (nSPS) is 10.2. The van der Waals surface area contributed by atoms with Gasteiger partial charge >= 0.3 is 0 Å². The Kier molecular flexibility index (Phi) is 5.48. The van der Waals surface area contributed by atoms with Crippen molar-refractivity contribution in [3.05, 3.63) is 89.5 Å². The first kappa shape index (κ1) is 18.8. The first-order valence-corrected chi connectivity index (χ1v) is 8.40. The molecule has 0 bridgehead atoms. The molecule has 0 unspecified atom stereocenters. The molecule has 0 atom stereocenters. The van der Waals surface area contributed by atoms with E-state index in [0.717, 1.165) is 0 Å². The molecule has 28 heavy (non-hydrogen) atoms. The van der Waals surface area contributed by atoms with Crippen LogP contribution in [0.2, 0.25) is 0 Å². The number of carbonyl (C=O) groups is 2. The molecule has 3 aromatic rings. The second-order valence-electron chi connectivity index (χ2n) is 5.98. The van der Waals surface area contributed by atoms with Gasteiger partial charge in [0, 0.05) is 22.4 Å². The largest absolute Gasteiger partial charge is 0.384 e. The van der Waals surface area contributed by atoms with Gasteiger partial charge in [0.2, 0.25) is 0 Å². The number of amides is 2. The summed E-state index contributed by atoms with van der Waals surface area (Å²) in [6, 6.07) is 20.2. The summed E-state index contributed by atoms with van der Waals surface area (Å²) >= 11 is 0. The fourth-order valence-electron chi connectivity index (χ4n) is 2.82. The van der Waals surface area contributed by atoms with E-state index in [4.69, 9.17) is 16.4 Å². The first-order valence-electron chi connectivity index (χ1n) is 8.40. The van der Waals surface area contributed by atoms with Crippen LogP contribution in [0.4, 0.5) is 5.69 Å². The average molecular weight is 374 g/mol. The zero-order valence-corrected chi connectivity index (χ0v) is 14.8. The van der Waals surface area contributed by atoms with Crippen LogP contribution in [-0.4, -0.2) is 22.9 Å². The highest BCUT2D eigenvalue weighted by molar-refractivity contribution is 6.11. The zero-order valence-electron chi connectivity index (χ0n) is 14.8. The molecule has 0 aliphatic heterocycles. The van der Waals surface area contributed by atoms with Gasteiger partial charge in [-0.3, -0.25) is 20.2 Å². The number of benzene rings is 3. The molecule has 3 aromatic carbocycles. The van der Waals surface area contributed by atoms with E-state index in [0.29, 0.717) is 27.9 Å². The molecule has 7 heteroatoms. The maximum absolute atomic E-state index is 12.8. The van der Waals surface area contributed by atoms with Crippen molar-refractivity contribution < 1.29 is 14.8 Å². The molecule has 0 saturated carbocycles. The van der Waals surface area contributed by atoms with E-state index in [2.05, 4.69) is 5.32 Å². The summed E-state index contributed by atoms with van der Waals surface area (Å²) in [4.78, 5) is 24.8. The number of anilines is 1. The third kappa shape index (κ3) is 3.89. The molecule has 0 aromatic heterocycles. The van der Waals surface area contributed by atoms with Gasteiger partial charge in [-0.25, -0.2) is 5.48 Å². The summed E-state index contributed by atoms with van der Waals surface area (Å²) in [5, 5.41) is 19.2. The number of nitrogen functional groups attached to an aromatic ring is 1. The molecule has 0 fully saturated rings. The monoisotopic (exact) mass is 374 g/mol. The Morgan fingerprint density at radius 3 is 1.79 bits per heavy atom. The van der Waals surface area contributed by atoms with Crippen LogP contribution in [-0.2, 0) is 0 Å². The Morgan fingerprint density at radius 1 is 0.786 bits per heavy atom. The van der Waals surface area contributed by atoms with Crippen molar-refractivity contribution in [1.29, 1.82) is 5.41 Å². The summed E-state index contributed by atoms with van der Waals surface area (Å²) in [6.07, 6.45) is 0. The van der Waals surface area contributed by atoms with Gasteiger partial charge in [-0.1, -0.05) is 36.4 Å². The van der Waals surface area contributed by atoms with Crippen molar-refractivity contribution in [1.82, 2.24) is 5.48 Å². The lowest BCUT2D eigenvalue weighted by atomic mass is 9.94. The van der Waals surface area contributed by atoms with Crippen molar-refractivity contribution in [2.75, 3.05) is 5.32 Å². The van der Waals surface area contributed by atoms with Crippen molar-refractivity contribution in [2.24, 2.45) is 5.73 Å². The summed E-state index contributed by atoms with van der Waals surface area (Å²) in [6.45, 7) is 0. The fourth-order valence-corrected chi connectivity index (χ4v) is 2.82. The van der Waals surface area contributed by atoms with Gasteiger partial charge in [0.05, 0.1) is 0 Å². The third-order valence-corrected chi connectivity index (χ3v) is 4.19. The molecular weight excluding hydrogens is 356 g/mol. The molecule has 0 radical (unpaired) electrons. The molecular formula is C21H18N4O3. The van der Waals surface area contributed by atoms with Crippen LogP contribution in [0, 0.1) is 5.41 Å². The Labute approximate surface area is 161 Å². The van der Waals surface area contributed by atoms with Gasteiger partial charge in [0.25, 0.3) is 11.8 Å². The van der Waals surface area contributed by atoms with Crippen LogP contribution >= 0.6 is 0 Å². The molecule has 7 nitrogen and oxygen atoms in total. The Bertz CT molecular complexity index is 1050. The second kappa shape index (κ2) is 8.15. The van der Waals surface area contributed by atoms with Gasteiger partial charge in [-0.2, -0.15) is 0 Å². The number of hydroxylamine groups is 1. The van der Waals surface area contributed by atoms with Gasteiger partial charge in [0.15, 0.2) is 0 Å². The predicted octanol–water partition coefficient (Wildman–Crippen LogP) is 3.01. The fraction of sp³-hybridized carbons (Fsp3) is 0. The van der Waals surface area contributed by atoms with Crippen LogP contribution < -0.4 is 16.5 Å². The molecule has 140 valence electrons. The number of hydrogen-bond donors (Lipinski definition) is 5. The maximum Gasteiger partial charge on any atom is 0.275 e. The van der Waals surface area contributed by atoms with Gasteiger partial charge in [-0.15, -0.1) is 0 Å². The molecule has 0 spiro atoms. The first-order chi connectivity index (χ1) is 13.5. The van der Waals surface area contributed by atoms with Gasteiger partial charge in [0.1, 0.15) is 5.84 Å². The lowest BCUT2D eigenvalue weighted by Gasteiger charge is -2.13. The number of carbonyl (C=O) groups excluding carboxylic acids is 2. The van der Waals surface area contributed by atoms with E-state index in [1.165, 1.54) is 0 Å². The number of amidine groups is 1. The van der Waals surface area contributed by atoms with Crippen LogP contribution in [0.15, 0.2) is 72.8 Å². The van der Waals surface area contributed by atoms with Crippen molar-refractivity contribution in [3.63, 3.8) is 0 Å². The molecule has 2 amide bonds. The number of nitrogens with two attached hydrogens (primary N) is 1. The third-order valence-electron chi connectivity index (χ3n) is 4.19. The minimum absolute atomic E-state index is 0.0537. The summed E-state index contributed by atoms with van der Waals surface area (Å²) in [5.74, 6) is -1.07. The standard InChI is InChI=1S/C21H18N4O3/c22-19(23)13-9-11-14(12-10-13)24-20(26)17-7-3-1-5-15(17)16-6-2-4-8-18(16)21(27)25-28/h1-12,28H,(H3,22,23)(H,24,26)(H,25,27). The highest BCUT2D eigenvalue weighted by Crippen LogP contribution is 2.28. The maximum atomic E-state index is 12.8. The van der Waals surface area contributed by atoms with E-state index in [1.807, 2.05) is 0 Å². The van der Waals surface area contributed by atoms with E-state index >= 15 is 0 Å².